The number of rotatable bonds is 1. The Balaban J connectivity index is 2.30. The highest BCUT2D eigenvalue weighted by atomic mass is 32.2. The molecule has 0 aliphatic carbocycles. The summed E-state index contributed by atoms with van der Waals surface area (Å²) in [5, 5.41) is 10.4. The first-order chi connectivity index (χ1) is 10.4. The average molecular weight is 315 g/mol. The fourth-order valence-corrected chi connectivity index (χ4v) is 3.80. The van der Waals surface area contributed by atoms with E-state index in [1.165, 1.54) is 19.2 Å². The van der Waals surface area contributed by atoms with E-state index in [1.807, 2.05) is 0 Å². The van der Waals surface area contributed by atoms with Crippen molar-refractivity contribution in [3.63, 3.8) is 0 Å². The molecular formula is C16H13NO4S. The van der Waals surface area contributed by atoms with E-state index in [4.69, 9.17) is 0 Å². The summed E-state index contributed by atoms with van der Waals surface area (Å²) in [5.74, 6) is -0.875. The summed E-state index contributed by atoms with van der Waals surface area (Å²) >= 11 is 0. The van der Waals surface area contributed by atoms with E-state index >= 15 is 0 Å². The Kier molecular flexibility index (Phi) is 3.26. The SMILES string of the molecule is CN1/C(=C(\O)c2ccccc2)C(=O)c2ccccc2S1(=O)=O. The molecule has 1 aliphatic heterocycles. The first-order valence-corrected chi connectivity index (χ1v) is 8.00. The number of hydrogen-bond donors (Lipinski definition) is 1. The molecule has 5 nitrogen and oxygen atoms in total. The number of carbonyl (C=O) groups excluding carboxylic acids is 1. The normalized spacial score (nSPS) is 18.8. The monoisotopic (exact) mass is 315 g/mol. The summed E-state index contributed by atoms with van der Waals surface area (Å²) in [4.78, 5) is 12.6. The highest BCUT2D eigenvalue weighted by Crippen LogP contribution is 2.33. The van der Waals surface area contributed by atoms with Crippen molar-refractivity contribution in [3.05, 3.63) is 71.4 Å². The molecule has 0 saturated heterocycles. The molecule has 0 amide bonds. The Bertz CT molecular complexity index is 885. The van der Waals surface area contributed by atoms with Crippen molar-refractivity contribution in [3.8, 4) is 0 Å². The quantitative estimate of drug-likeness (QED) is 0.648. The van der Waals surface area contributed by atoms with E-state index in [2.05, 4.69) is 0 Å². The Morgan fingerprint density at radius 2 is 1.59 bits per heavy atom. The number of aliphatic hydroxyl groups is 1. The lowest BCUT2D eigenvalue weighted by Gasteiger charge is -2.28. The van der Waals surface area contributed by atoms with Crippen LogP contribution in [-0.2, 0) is 10.0 Å². The van der Waals surface area contributed by atoms with Crippen LogP contribution in [-0.4, -0.2) is 30.7 Å². The summed E-state index contributed by atoms with van der Waals surface area (Å²) in [5.41, 5.74) is 0.204. The molecule has 0 spiro atoms. The molecule has 0 atom stereocenters. The Labute approximate surface area is 128 Å². The molecule has 0 saturated carbocycles. The standard InChI is InChI=1S/C16H13NO4S/c1-17-14(15(18)11-7-3-2-4-8-11)16(19)12-9-5-6-10-13(12)22(17,20)21/h2-10,18H,1H3/b15-14-. The lowest BCUT2D eigenvalue weighted by atomic mass is 10.0. The highest BCUT2D eigenvalue weighted by molar-refractivity contribution is 7.89. The smallest absolute Gasteiger partial charge is 0.265 e. The molecule has 1 heterocycles. The number of benzene rings is 2. The van der Waals surface area contributed by atoms with Crippen molar-refractivity contribution in [2.24, 2.45) is 0 Å². The molecule has 0 radical (unpaired) electrons. The highest BCUT2D eigenvalue weighted by Gasteiger charge is 2.39. The van der Waals surface area contributed by atoms with Gasteiger partial charge >= 0.3 is 0 Å². The summed E-state index contributed by atoms with van der Waals surface area (Å²) in [7, 11) is -2.60. The predicted octanol–water partition coefficient (Wildman–Crippen LogP) is 2.43. The van der Waals surface area contributed by atoms with Gasteiger partial charge in [-0.3, -0.25) is 9.10 Å². The van der Waals surface area contributed by atoms with Crippen molar-refractivity contribution >= 4 is 21.6 Å². The van der Waals surface area contributed by atoms with E-state index < -0.39 is 15.8 Å². The molecule has 2 aromatic carbocycles. The third-order valence-electron chi connectivity index (χ3n) is 3.57. The fraction of sp³-hybridized carbons (Fsp3) is 0.0625. The number of allylic oxidation sites excluding steroid dienone is 1. The van der Waals surface area contributed by atoms with E-state index in [9.17, 15) is 18.3 Å². The Morgan fingerprint density at radius 3 is 2.27 bits per heavy atom. The minimum Gasteiger partial charge on any atom is -0.505 e. The molecule has 0 aromatic heterocycles. The maximum Gasteiger partial charge on any atom is 0.265 e. The van der Waals surface area contributed by atoms with Crippen LogP contribution in [0.5, 0.6) is 0 Å². The maximum absolute atomic E-state index is 12.6. The molecule has 22 heavy (non-hydrogen) atoms. The third-order valence-corrected chi connectivity index (χ3v) is 5.39. The van der Waals surface area contributed by atoms with Gasteiger partial charge in [-0.1, -0.05) is 42.5 Å². The van der Waals surface area contributed by atoms with Gasteiger partial charge in [-0.25, -0.2) is 8.42 Å². The van der Waals surface area contributed by atoms with Crippen LogP contribution in [0.25, 0.3) is 5.76 Å². The van der Waals surface area contributed by atoms with Crippen molar-refractivity contribution in [1.29, 1.82) is 0 Å². The molecule has 1 N–H and O–H groups in total. The van der Waals surface area contributed by atoms with E-state index in [0.717, 1.165) is 4.31 Å². The lowest BCUT2D eigenvalue weighted by Crippen LogP contribution is -2.37. The summed E-state index contributed by atoms with van der Waals surface area (Å²) in [6.07, 6.45) is 0. The van der Waals surface area contributed by atoms with Gasteiger partial charge in [0.2, 0.25) is 5.78 Å². The summed E-state index contributed by atoms with van der Waals surface area (Å²) < 4.78 is 25.9. The molecule has 112 valence electrons. The second-order valence-corrected chi connectivity index (χ2v) is 6.80. The van der Waals surface area contributed by atoms with Gasteiger partial charge < -0.3 is 5.11 Å². The number of likely N-dealkylation sites (N-methyl/N-ethyl adjacent to an activating group) is 1. The van der Waals surface area contributed by atoms with Gasteiger partial charge in [-0.15, -0.1) is 0 Å². The van der Waals surface area contributed by atoms with Crippen molar-refractivity contribution in [2.45, 2.75) is 4.90 Å². The maximum atomic E-state index is 12.6. The molecule has 2 aromatic rings. The second kappa shape index (κ2) is 4.99. The van der Waals surface area contributed by atoms with Gasteiger partial charge in [0.25, 0.3) is 10.0 Å². The first-order valence-electron chi connectivity index (χ1n) is 6.56. The van der Waals surface area contributed by atoms with Crippen LogP contribution < -0.4 is 0 Å². The van der Waals surface area contributed by atoms with Gasteiger partial charge in [-0.2, -0.15) is 0 Å². The van der Waals surface area contributed by atoms with E-state index in [-0.39, 0.29) is 21.9 Å². The minimum absolute atomic E-state index is 0.0490. The topological polar surface area (TPSA) is 74.7 Å². The van der Waals surface area contributed by atoms with E-state index in [1.54, 1.807) is 42.5 Å². The zero-order chi connectivity index (χ0) is 15.9. The number of aliphatic hydroxyl groups excluding tert-OH is 1. The van der Waals surface area contributed by atoms with Gasteiger partial charge in [-0.05, 0) is 12.1 Å². The fourth-order valence-electron chi connectivity index (χ4n) is 2.41. The molecule has 0 fully saturated rings. The number of Topliss-reactive ketones (excluding diaryl/α,β-unsaturated/α-hetero) is 1. The van der Waals surface area contributed by atoms with Gasteiger partial charge in [0.15, 0.2) is 5.76 Å². The molecule has 1 aliphatic rings. The minimum atomic E-state index is -3.86. The zero-order valence-electron chi connectivity index (χ0n) is 11.7. The van der Waals surface area contributed by atoms with Crippen molar-refractivity contribution in [2.75, 3.05) is 7.05 Å². The predicted molar refractivity (Wildman–Crippen MR) is 81.7 cm³/mol. The van der Waals surface area contributed by atoms with Gasteiger partial charge in [0.05, 0.1) is 4.90 Å². The Hall–Kier alpha value is -2.60. The molecule has 0 unspecified atom stereocenters. The third kappa shape index (κ3) is 2.00. The summed E-state index contributed by atoms with van der Waals surface area (Å²) in [6, 6.07) is 14.4. The number of nitrogens with zero attached hydrogens (tertiary/aromatic N) is 1. The average Bonchev–Trinajstić information content (AvgIpc) is 2.54. The zero-order valence-corrected chi connectivity index (χ0v) is 12.5. The number of carbonyl (C=O) groups is 1. The van der Waals surface area contributed by atoms with Crippen LogP contribution in [0, 0.1) is 0 Å². The van der Waals surface area contributed by atoms with Crippen LogP contribution >= 0.6 is 0 Å². The first kappa shape index (κ1) is 14.3. The molecule has 6 heteroatoms. The van der Waals surface area contributed by atoms with Gasteiger partial charge in [0.1, 0.15) is 5.70 Å². The van der Waals surface area contributed by atoms with E-state index in [0.29, 0.717) is 5.56 Å². The molecular weight excluding hydrogens is 302 g/mol. The van der Waals surface area contributed by atoms with Crippen molar-refractivity contribution < 1.29 is 18.3 Å². The number of fused-ring (bicyclic) bond motifs is 1. The van der Waals surface area contributed by atoms with Gasteiger partial charge in [0, 0.05) is 18.2 Å². The number of ketones is 1. The largest absolute Gasteiger partial charge is 0.505 e. The van der Waals surface area contributed by atoms with Crippen LogP contribution in [0.15, 0.2) is 65.2 Å². The van der Waals surface area contributed by atoms with Crippen LogP contribution in [0.2, 0.25) is 0 Å². The van der Waals surface area contributed by atoms with Crippen LogP contribution in [0.3, 0.4) is 0 Å². The number of sulfonamides is 1. The van der Waals surface area contributed by atoms with Crippen LogP contribution in [0.4, 0.5) is 0 Å². The van der Waals surface area contributed by atoms with Crippen molar-refractivity contribution in [1.82, 2.24) is 4.31 Å². The van der Waals surface area contributed by atoms with Crippen LogP contribution in [0.1, 0.15) is 15.9 Å². The Morgan fingerprint density at radius 1 is 1.00 bits per heavy atom. The molecule has 3 rings (SSSR count). The number of hydrogen-bond acceptors (Lipinski definition) is 4. The second-order valence-electron chi connectivity index (χ2n) is 4.86. The lowest BCUT2D eigenvalue weighted by molar-refractivity contribution is 0.100. The summed E-state index contributed by atoms with van der Waals surface area (Å²) in [6.45, 7) is 0. The molecule has 0 bridgehead atoms.